The molecule has 0 bridgehead atoms. The van der Waals surface area contributed by atoms with Crippen LogP contribution in [0.4, 0.5) is 11.4 Å². The van der Waals surface area contributed by atoms with Crippen LogP contribution in [0.3, 0.4) is 0 Å². The lowest BCUT2D eigenvalue weighted by atomic mass is 9.85. The summed E-state index contributed by atoms with van der Waals surface area (Å²) < 4.78 is 2.34. The number of nitrogens with zero attached hydrogens (tertiary/aromatic N) is 5. The maximum absolute atomic E-state index is 10.7. The average molecular weight is 1150 g/mol. The number of para-hydroxylation sites is 2. The third kappa shape index (κ3) is 13.3. The highest BCUT2D eigenvalue weighted by molar-refractivity contribution is 7.22. The molecular formula is C74H60N6O3S2. The van der Waals surface area contributed by atoms with Gasteiger partial charge in [0, 0.05) is 39.7 Å². The molecular weight excluding hydrogens is 1080 g/mol. The van der Waals surface area contributed by atoms with E-state index in [-0.39, 0.29) is 27.9 Å². The molecule has 0 amide bonds. The lowest BCUT2D eigenvalue weighted by Gasteiger charge is -2.20. The molecule has 0 saturated carbocycles. The summed E-state index contributed by atoms with van der Waals surface area (Å²) in [6.07, 6.45) is 2.31. The maximum atomic E-state index is 10.7. The number of aromatic nitrogens is 2. The van der Waals surface area contributed by atoms with Crippen LogP contribution in [0.2, 0.25) is 0 Å². The Labute approximate surface area is 503 Å². The first-order chi connectivity index (χ1) is 41.0. The monoisotopic (exact) mass is 1140 g/mol. The molecule has 12 rings (SSSR count). The summed E-state index contributed by atoms with van der Waals surface area (Å²) in [5, 5.41) is 39.7. The Balaban J connectivity index is 0.000000158. The Morgan fingerprint density at radius 1 is 0.459 bits per heavy atom. The highest BCUT2D eigenvalue weighted by Gasteiger charge is 2.22. The molecule has 0 saturated heterocycles. The molecule has 0 aliphatic rings. The predicted molar refractivity (Wildman–Crippen MR) is 352 cm³/mol. The van der Waals surface area contributed by atoms with E-state index in [0.29, 0.717) is 23.0 Å². The molecule has 0 unspecified atom stereocenters. The molecule has 416 valence electrons. The van der Waals surface area contributed by atoms with Crippen molar-refractivity contribution in [2.75, 3.05) is 5.73 Å². The minimum atomic E-state index is -0.0302. The Kier molecular flexibility index (Phi) is 17.1. The zero-order valence-electron chi connectivity index (χ0n) is 47.9. The van der Waals surface area contributed by atoms with Gasteiger partial charge in [0.15, 0.2) is 6.29 Å². The molecule has 0 aliphatic carbocycles. The van der Waals surface area contributed by atoms with Crippen molar-refractivity contribution < 1.29 is 15.0 Å². The van der Waals surface area contributed by atoms with E-state index in [1.165, 1.54) is 33.0 Å². The van der Waals surface area contributed by atoms with Gasteiger partial charge in [0.1, 0.15) is 21.5 Å². The average Bonchev–Trinajstić information content (AvgIpc) is 2.92. The van der Waals surface area contributed by atoms with E-state index in [1.54, 1.807) is 83.5 Å². The molecule has 0 radical (unpaired) electrons. The Hall–Kier alpha value is -10.3. The Morgan fingerprint density at radius 2 is 0.871 bits per heavy atom. The normalized spacial score (nSPS) is 11.3. The molecule has 0 aliphatic heterocycles. The van der Waals surface area contributed by atoms with Crippen LogP contribution in [0.15, 0.2) is 223 Å². The number of anilines is 1. The number of thiazole rings is 2. The topological polar surface area (TPSA) is 169 Å². The highest BCUT2D eigenvalue weighted by Crippen LogP contribution is 2.43. The summed E-state index contributed by atoms with van der Waals surface area (Å²) >= 11 is 3.39. The lowest BCUT2D eigenvalue weighted by molar-refractivity contribution is 0.112. The van der Waals surface area contributed by atoms with E-state index in [2.05, 4.69) is 120 Å². The summed E-state index contributed by atoms with van der Waals surface area (Å²) in [5.41, 5.74) is 24.7. The zero-order chi connectivity index (χ0) is 59.8. The van der Waals surface area contributed by atoms with E-state index in [4.69, 9.17) is 31.2 Å². The number of carbonyl (C=O) groups is 1. The van der Waals surface area contributed by atoms with Crippen molar-refractivity contribution in [1.82, 2.24) is 9.97 Å². The van der Waals surface area contributed by atoms with Gasteiger partial charge in [-0.2, -0.15) is 10.5 Å². The first-order valence-electron chi connectivity index (χ1n) is 27.6. The molecule has 85 heavy (non-hydrogen) atoms. The first-order valence-corrected chi connectivity index (χ1v) is 29.2. The molecule has 0 fully saturated rings. The largest absolute Gasteiger partial charge is 0.507 e. The fraction of sp³-hybridized carbons (Fsp3) is 0.108. The van der Waals surface area contributed by atoms with Crippen LogP contribution >= 0.6 is 22.7 Å². The van der Waals surface area contributed by atoms with Crippen molar-refractivity contribution in [3.05, 3.63) is 252 Å². The van der Waals surface area contributed by atoms with Crippen LogP contribution in [0.5, 0.6) is 11.5 Å². The van der Waals surface area contributed by atoms with Crippen molar-refractivity contribution in [2.45, 2.75) is 52.4 Å². The fourth-order valence-corrected chi connectivity index (χ4v) is 11.7. The number of nitrogens with two attached hydrogens (primary N) is 1. The number of fused-ring (bicyclic) bond motifs is 2. The number of hydrogen-bond acceptors (Lipinski definition) is 11. The fourth-order valence-electron chi connectivity index (χ4n) is 9.57. The van der Waals surface area contributed by atoms with Crippen LogP contribution in [-0.2, 0) is 10.8 Å². The minimum Gasteiger partial charge on any atom is -0.507 e. The summed E-state index contributed by atoms with van der Waals surface area (Å²) in [5.74, 6) is 0.119. The van der Waals surface area contributed by atoms with Gasteiger partial charge in [0.2, 0.25) is 0 Å². The van der Waals surface area contributed by atoms with E-state index in [9.17, 15) is 15.0 Å². The van der Waals surface area contributed by atoms with Crippen molar-refractivity contribution in [3.63, 3.8) is 0 Å². The van der Waals surface area contributed by atoms with Crippen LogP contribution < -0.4 is 5.73 Å². The Morgan fingerprint density at radius 3 is 1.33 bits per heavy atom. The van der Waals surface area contributed by atoms with Crippen molar-refractivity contribution in [1.29, 1.82) is 10.5 Å². The van der Waals surface area contributed by atoms with Gasteiger partial charge in [0.05, 0.1) is 54.9 Å². The number of aliphatic imine (C=N–C) groups is 1. The second-order valence-electron chi connectivity index (χ2n) is 22.4. The summed E-state index contributed by atoms with van der Waals surface area (Å²) in [7, 11) is 0. The van der Waals surface area contributed by atoms with Crippen molar-refractivity contribution in [3.8, 4) is 89.3 Å². The molecule has 12 aromatic rings. The van der Waals surface area contributed by atoms with Gasteiger partial charge in [-0.1, -0.05) is 163 Å². The van der Waals surface area contributed by atoms with Gasteiger partial charge >= 0.3 is 0 Å². The number of hydrogen-bond donors (Lipinski definition) is 3. The van der Waals surface area contributed by atoms with Crippen LogP contribution in [0.1, 0.15) is 79.7 Å². The van der Waals surface area contributed by atoms with Gasteiger partial charge in [-0.05, 0) is 152 Å². The van der Waals surface area contributed by atoms with E-state index in [1.807, 2.05) is 91.0 Å². The second kappa shape index (κ2) is 25.0. The smallest absolute Gasteiger partial charge is 0.153 e. The summed E-state index contributed by atoms with van der Waals surface area (Å²) in [6, 6.07) is 74.8. The van der Waals surface area contributed by atoms with Crippen molar-refractivity contribution in [2.24, 2.45) is 4.99 Å². The molecule has 4 N–H and O–H groups in total. The van der Waals surface area contributed by atoms with Gasteiger partial charge in [-0.15, -0.1) is 22.7 Å². The zero-order valence-corrected chi connectivity index (χ0v) is 49.5. The maximum Gasteiger partial charge on any atom is 0.153 e. The number of benzene rings is 10. The van der Waals surface area contributed by atoms with E-state index in [0.717, 1.165) is 81.6 Å². The van der Waals surface area contributed by atoms with Gasteiger partial charge in [0.25, 0.3) is 0 Å². The minimum absolute atomic E-state index is 0.00161. The van der Waals surface area contributed by atoms with Gasteiger partial charge in [-0.25, -0.2) is 9.97 Å². The predicted octanol–water partition coefficient (Wildman–Crippen LogP) is 19.2. The molecule has 2 heterocycles. The molecule has 0 spiro atoms. The van der Waals surface area contributed by atoms with Crippen LogP contribution in [0, 0.1) is 22.7 Å². The SMILES string of the molecule is CC(C)(C)c1cc(-c2ccccc2)c2nc(-c3ccccc3N)sc2c1.CC(C)(C)c1cc(-c2ccccc2)c2nc(-c3ccccc3N=Cc3cc(-c4ccc(C#N)cc4)ccc3O)sc2c1.N#Cc1ccc(-c2ccc(O)c(C=O)c2)cc1. The standard InChI is InChI=1S/C37H29N3OS.C23H22N2S.C14H9NO2/c1-37(2,3)29-20-31(26-9-5-4-6-10-26)35-34(21-29)42-36(40-35)30-11-7-8-12-32(30)39-23-28-19-27(17-18-33(28)41)25-15-13-24(22-38)14-16-25;1-23(2,3)16-13-18(15-9-5-4-6-10-15)21-20(14-16)26-22(25-21)17-11-7-8-12-19(17)24;15-8-10-1-3-11(4-2-10)12-5-6-14(17)13(7-12)9-16/h4-21,23,41H,1-3H3;4-14H,24H2,1-3H3;1-7,9,17H. The quantitative estimate of drug-likeness (QED) is 0.0729. The van der Waals surface area contributed by atoms with Crippen LogP contribution in [0.25, 0.3) is 86.1 Å². The number of rotatable bonds is 9. The summed E-state index contributed by atoms with van der Waals surface area (Å²) in [4.78, 5) is 25.7. The lowest BCUT2D eigenvalue weighted by Crippen LogP contribution is -2.11. The molecule has 9 nitrogen and oxygen atoms in total. The molecule has 11 heteroatoms. The first kappa shape index (κ1) is 57.9. The number of aromatic hydroxyl groups is 2. The number of phenols is 2. The Bertz CT molecular complexity index is 4500. The van der Waals surface area contributed by atoms with E-state index >= 15 is 0 Å². The molecule has 2 aromatic heterocycles. The number of nitrogen functional groups attached to an aromatic ring is 1. The molecule has 10 aromatic carbocycles. The summed E-state index contributed by atoms with van der Waals surface area (Å²) in [6.45, 7) is 13.5. The van der Waals surface area contributed by atoms with E-state index < -0.39 is 0 Å². The molecule has 0 atom stereocenters. The van der Waals surface area contributed by atoms with Crippen LogP contribution in [-0.4, -0.2) is 32.7 Å². The number of phenolic OH excluding ortho intramolecular Hbond substituents is 2. The van der Waals surface area contributed by atoms with Gasteiger partial charge < -0.3 is 15.9 Å². The number of nitriles is 2. The third-order valence-corrected chi connectivity index (χ3v) is 16.5. The number of carbonyl (C=O) groups excluding carboxylic acids is 1. The van der Waals surface area contributed by atoms with Crippen molar-refractivity contribution >= 4 is 67.0 Å². The second-order valence-corrected chi connectivity index (χ2v) is 24.5. The third-order valence-electron chi connectivity index (χ3n) is 14.4. The number of aldehydes is 1. The van der Waals surface area contributed by atoms with Gasteiger partial charge in [-0.3, -0.25) is 9.79 Å². The highest BCUT2D eigenvalue weighted by atomic mass is 32.1.